The molecule has 100 valence electrons. The SMILES string of the molecule is CNc1ncc(F)c(N(C)Cc2ccc(Cl)cc2)n1. The fraction of sp³-hybridized carbons (Fsp3) is 0.231. The molecule has 1 aromatic carbocycles. The van der Waals surface area contributed by atoms with E-state index < -0.39 is 5.82 Å². The van der Waals surface area contributed by atoms with Crippen LogP contribution in [0.4, 0.5) is 16.2 Å². The Morgan fingerprint density at radius 3 is 2.63 bits per heavy atom. The maximum Gasteiger partial charge on any atom is 0.224 e. The van der Waals surface area contributed by atoms with Crippen molar-refractivity contribution in [3.63, 3.8) is 0 Å². The summed E-state index contributed by atoms with van der Waals surface area (Å²) in [6, 6.07) is 7.41. The van der Waals surface area contributed by atoms with Gasteiger partial charge in [0.25, 0.3) is 0 Å². The highest BCUT2D eigenvalue weighted by Crippen LogP contribution is 2.18. The van der Waals surface area contributed by atoms with Crippen LogP contribution in [-0.2, 0) is 6.54 Å². The zero-order chi connectivity index (χ0) is 13.8. The molecule has 0 amide bonds. The summed E-state index contributed by atoms with van der Waals surface area (Å²) in [5.74, 6) is 0.198. The van der Waals surface area contributed by atoms with Crippen LogP contribution in [0.1, 0.15) is 5.56 Å². The molecule has 2 rings (SSSR count). The molecule has 6 heteroatoms. The maximum atomic E-state index is 13.7. The number of hydrogen-bond acceptors (Lipinski definition) is 4. The van der Waals surface area contributed by atoms with Crippen LogP contribution < -0.4 is 10.2 Å². The Balaban J connectivity index is 2.19. The molecule has 1 N–H and O–H groups in total. The van der Waals surface area contributed by atoms with E-state index in [1.807, 2.05) is 12.1 Å². The van der Waals surface area contributed by atoms with Crippen molar-refractivity contribution in [2.24, 2.45) is 0 Å². The van der Waals surface area contributed by atoms with E-state index in [9.17, 15) is 4.39 Å². The van der Waals surface area contributed by atoms with Crippen molar-refractivity contribution in [3.05, 3.63) is 46.9 Å². The second-order valence-electron chi connectivity index (χ2n) is 4.10. The van der Waals surface area contributed by atoms with Gasteiger partial charge in [-0.1, -0.05) is 23.7 Å². The van der Waals surface area contributed by atoms with Crippen molar-refractivity contribution in [1.29, 1.82) is 0 Å². The number of aromatic nitrogens is 2. The van der Waals surface area contributed by atoms with E-state index in [4.69, 9.17) is 11.6 Å². The van der Waals surface area contributed by atoms with Crippen molar-refractivity contribution >= 4 is 23.4 Å². The molecule has 0 radical (unpaired) electrons. The average Bonchev–Trinajstić information content (AvgIpc) is 2.42. The first-order chi connectivity index (χ1) is 9.10. The van der Waals surface area contributed by atoms with Gasteiger partial charge in [0.2, 0.25) is 5.95 Å². The molecule has 19 heavy (non-hydrogen) atoms. The highest BCUT2D eigenvalue weighted by molar-refractivity contribution is 6.30. The predicted molar refractivity (Wildman–Crippen MR) is 75.1 cm³/mol. The van der Waals surface area contributed by atoms with Gasteiger partial charge in [-0.3, -0.25) is 0 Å². The summed E-state index contributed by atoms with van der Waals surface area (Å²) in [6.07, 6.45) is 1.16. The third-order valence-corrected chi connectivity index (χ3v) is 2.90. The largest absolute Gasteiger partial charge is 0.357 e. The predicted octanol–water partition coefficient (Wildman–Crippen LogP) is 2.95. The first kappa shape index (κ1) is 13.5. The molecule has 0 aliphatic heterocycles. The van der Waals surface area contributed by atoms with Gasteiger partial charge >= 0.3 is 0 Å². The van der Waals surface area contributed by atoms with Crippen LogP contribution in [0.25, 0.3) is 0 Å². The topological polar surface area (TPSA) is 41.1 Å². The van der Waals surface area contributed by atoms with E-state index in [2.05, 4.69) is 15.3 Å². The Kier molecular flexibility index (Phi) is 4.16. The lowest BCUT2D eigenvalue weighted by Gasteiger charge is -2.19. The van der Waals surface area contributed by atoms with Crippen LogP contribution in [0.2, 0.25) is 5.02 Å². The van der Waals surface area contributed by atoms with Crippen molar-refractivity contribution in [2.45, 2.75) is 6.54 Å². The molecule has 4 nitrogen and oxygen atoms in total. The average molecular weight is 281 g/mol. The molecule has 0 saturated carbocycles. The Labute approximate surface area is 116 Å². The van der Waals surface area contributed by atoms with Gasteiger partial charge in [0.1, 0.15) is 0 Å². The summed E-state index contributed by atoms with van der Waals surface area (Å²) in [4.78, 5) is 9.65. The van der Waals surface area contributed by atoms with Crippen LogP contribution in [0.15, 0.2) is 30.5 Å². The van der Waals surface area contributed by atoms with Gasteiger partial charge < -0.3 is 10.2 Å². The molecule has 0 fully saturated rings. The zero-order valence-electron chi connectivity index (χ0n) is 10.7. The number of benzene rings is 1. The van der Waals surface area contributed by atoms with Gasteiger partial charge in [0.05, 0.1) is 6.20 Å². The lowest BCUT2D eigenvalue weighted by molar-refractivity contribution is 0.608. The summed E-state index contributed by atoms with van der Waals surface area (Å²) in [5.41, 5.74) is 1.02. The number of anilines is 2. The monoisotopic (exact) mass is 280 g/mol. The molecule has 0 spiro atoms. The van der Waals surface area contributed by atoms with E-state index >= 15 is 0 Å². The van der Waals surface area contributed by atoms with E-state index in [0.717, 1.165) is 11.8 Å². The van der Waals surface area contributed by atoms with Gasteiger partial charge in [-0.15, -0.1) is 0 Å². The van der Waals surface area contributed by atoms with Crippen LogP contribution in [0.5, 0.6) is 0 Å². The molecule has 1 heterocycles. The number of hydrogen-bond donors (Lipinski definition) is 1. The first-order valence-electron chi connectivity index (χ1n) is 5.76. The quantitative estimate of drug-likeness (QED) is 0.935. The molecule has 0 unspecified atom stereocenters. The van der Waals surface area contributed by atoms with Gasteiger partial charge in [-0.25, -0.2) is 9.37 Å². The van der Waals surface area contributed by atoms with Crippen molar-refractivity contribution < 1.29 is 4.39 Å². The third kappa shape index (κ3) is 3.32. The summed E-state index contributed by atoms with van der Waals surface area (Å²) in [5, 5.41) is 3.47. The van der Waals surface area contributed by atoms with E-state index in [0.29, 0.717) is 17.5 Å². The van der Waals surface area contributed by atoms with Crippen molar-refractivity contribution in [1.82, 2.24) is 9.97 Å². The summed E-state index contributed by atoms with van der Waals surface area (Å²) in [6.45, 7) is 0.536. The highest BCUT2D eigenvalue weighted by Gasteiger charge is 2.11. The summed E-state index contributed by atoms with van der Waals surface area (Å²) in [7, 11) is 3.47. The minimum atomic E-state index is -0.449. The van der Waals surface area contributed by atoms with Crippen molar-refractivity contribution in [3.8, 4) is 0 Å². The zero-order valence-corrected chi connectivity index (χ0v) is 11.4. The highest BCUT2D eigenvalue weighted by atomic mass is 35.5. The molecule has 1 aromatic heterocycles. The Morgan fingerprint density at radius 2 is 2.00 bits per heavy atom. The van der Waals surface area contributed by atoms with Gasteiger partial charge in [0, 0.05) is 25.7 Å². The van der Waals surface area contributed by atoms with Crippen LogP contribution in [0, 0.1) is 5.82 Å². The lowest BCUT2D eigenvalue weighted by atomic mass is 10.2. The van der Waals surface area contributed by atoms with Gasteiger partial charge in [0.15, 0.2) is 11.6 Å². The minimum absolute atomic E-state index is 0.259. The number of halogens is 2. The molecule has 0 aliphatic rings. The molecule has 0 bridgehead atoms. The normalized spacial score (nSPS) is 10.3. The van der Waals surface area contributed by atoms with E-state index in [1.54, 1.807) is 31.1 Å². The lowest BCUT2D eigenvalue weighted by Crippen LogP contribution is -2.20. The summed E-state index contributed by atoms with van der Waals surface area (Å²) >= 11 is 5.83. The standard InChI is InChI=1S/C13H14ClFN4/c1-16-13-17-7-11(15)12(18-13)19(2)8-9-3-5-10(14)6-4-9/h3-7H,8H2,1-2H3,(H,16,17,18). The molecular formula is C13H14ClFN4. The molecule has 0 aliphatic carbocycles. The number of nitrogens with zero attached hydrogens (tertiary/aromatic N) is 3. The molecule has 2 aromatic rings. The smallest absolute Gasteiger partial charge is 0.224 e. The van der Waals surface area contributed by atoms with Crippen molar-refractivity contribution in [2.75, 3.05) is 24.3 Å². The first-order valence-corrected chi connectivity index (χ1v) is 6.14. The van der Waals surface area contributed by atoms with E-state index in [1.165, 1.54) is 0 Å². The second kappa shape index (κ2) is 5.84. The molecule has 0 saturated heterocycles. The van der Waals surface area contributed by atoms with E-state index in [-0.39, 0.29) is 5.82 Å². The maximum absolute atomic E-state index is 13.7. The fourth-order valence-corrected chi connectivity index (χ4v) is 1.81. The van der Waals surface area contributed by atoms with Crippen LogP contribution in [0.3, 0.4) is 0 Å². The Hall–Kier alpha value is -1.88. The van der Waals surface area contributed by atoms with Crippen LogP contribution in [-0.4, -0.2) is 24.1 Å². The third-order valence-electron chi connectivity index (χ3n) is 2.64. The Morgan fingerprint density at radius 1 is 1.32 bits per heavy atom. The number of rotatable bonds is 4. The van der Waals surface area contributed by atoms with Gasteiger partial charge in [-0.05, 0) is 17.7 Å². The minimum Gasteiger partial charge on any atom is -0.357 e. The second-order valence-corrected chi connectivity index (χ2v) is 4.53. The fourth-order valence-electron chi connectivity index (χ4n) is 1.68. The molecule has 0 atom stereocenters. The molecular weight excluding hydrogens is 267 g/mol. The van der Waals surface area contributed by atoms with Gasteiger partial charge in [-0.2, -0.15) is 4.98 Å². The Bertz CT molecular complexity index is 559. The number of nitrogens with one attached hydrogen (secondary N) is 1. The summed E-state index contributed by atoms with van der Waals surface area (Å²) < 4.78 is 13.7. The van der Waals surface area contributed by atoms with Crippen LogP contribution >= 0.6 is 11.6 Å².